The van der Waals surface area contributed by atoms with Gasteiger partial charge in [0, 0.05) is 0 Å². The van der Waals surface area contributed by atoms with E-state index in [9.17, 15) is 8.78 Å². The summed E-state index contributed by atoms with van der Waals surface area (Å²) in [7, 11) is 0. The molecule has 5 heteroatoms. The zero-order chi connectivity index (χ0) is 9.64. The molecule has 0 fully saturated rings. The van der Waals surface area contributed by atoms with Gasteiger partial charge in [0.15, 0.2) is 11.5 Å². The largest absolute Gasteiger partial charge is 0.586 e. The van der Waals surface area contributed by atoms with E-state index in [0.29, 0.717) is 3.57 Å². The molecule has 1 aromatic carbocycles. The SMILES string of the molecule is Cc1ccc2c(c1I)OC(F)(F)O2. The average Bonchev–Trinajstić information content (AvgIpc) is 2.34. The Kier molecular flexibility index (Phi) is 1.86. The third kappa shape index (κ3) is 1.45. The first kappa shape index (κ1) is 8.98. The van der Waals surface area contributed by atoms with E-state index in [1.807, 2.05) is 29.5 Å². The number of hydrogen-bond acceptors (Lipinski definition) is 2. The maximum atomic E-state index is 12.6. The molecule has 2 nitrogen and oxygen atoms in total. The van der Waals surface area contributed by atoms with Gasteiger partial charge in [0.05, 0.1) is 3.57 Å². The Hall–Kier alpha value is -0.590. The molecule has 2 rings (SSSR count). The van der Waals surface area contributed by atoms with E-state index in [4.69, 9.17) is 0 Å². The second-order valence-electron chi connectivity index (χ2n) is 2.69. The smallest absolute Gasteiger partial charge is 0.395 e. The van der Waals surface area contributed by atoms with Gasteiger partial charge in [-0.15, -0.1) is 8.78 Å². The van der Waals surface area contributed by atoms with Crippen molar-refractivity contribution < 1.29 is 18.3 Å². The van der Waals surface area contributed by atoms with E-state index in [1.54, 1.807) is 6.07 Å². The molecular weight excluding hydrogens is 293 g/mol. The van der Waals surface area contributed by atoms with Crippen LogP contribution in [0.2, 0.25) is 0 Å². The van der Waals surface area contributed by atoms with Gasteiger partial charge in [-0.25, -0.2) is 0 Å². The molecule has 0 saturated heterocycles. The number of rotatable bonds is 0. The van der Waals surface area contributed by atoms with Crippen molar-refractivity contribution in [3.05, 3.63) is 21.3 Å². The Bertz CT molecular complexity index is 365. The molecule has 0 amide bonds. The van der Waals surface area contributed by atoms with Gasteiger partial charge in [-0.1, -0.05) is 6.07 Å². The number of alkyl halides is 2. The highest BCUT2D eigenvalue weighted by molar-refractivity contribution is 14.1. The van der Waals surface area contributed by atoms with Crippen molar-refractivity contribution in [2.45, 2.75) is 13.2 Å². The van der Waals surface area contributed by atoms with Gasteiger partial charge in [0.1, 0.15) is 0 Å². The van der Waals surface area contributed by atoms with E-state index >= 15 is 0 Å². The van der Waals surface area contributed by atoms with Gasteiger partial charge < -0.3 is 9.47 Å². The summed E-state index contributed by atoms with van der Waals surface area (Å²) in [6.45, 7) is 1.82. The summed E-state index contributed by atoms with van der Waals surface area (Å²) in [5.74, 6) is 0.227. The van der Waals surface area contributed by atoms with E-state index in [2.05, 4.69) is 9.47 Å². The number of ether oxygens (including phenoxy) is 2. The lowest BCUT2D eigenvalue weighted by Crippen LogP contribution is -2.26. The molecule has 1 aromatic rings. The fourth-order valence-electron chi connectivity index (χ4n) is 1.08. The maximum Gasteiger partial charge on any atom is 0.586 e. The van der Waals surface area contributed by atoms with Crippen LogP contribution < -0.4 is 9.47 Å². The average molecular weight is 298 g/mol. The molecular formula is C8H5F2IO2. The highest BCUT2D eigenvalue weighted by atomic mass is 127. The normalized spacial score (nSPS) is 17.5. The summed E-state index contributed by atoms with van der Waals surface area (Å²) >= 11 is 1.95. The third-order valence-corrected chi connectivity index (χ3v) is 3.04. The minimum Gasteiger partial charge on any atom is -0.395 e. The van der Waals surface area contributed by atoms with Crippen LogP contribution in [0.4, 0.5) is 8.78 Å². The van der Waals surface area contributed by atoms with Crippen molar-refractivity contribution in [3.8, 4) is 11.5 Å². The zero-order valence-corrected chi connectivity index (χ0v) is 8.76. The van der Waals surface area contributed by atoms with Crippen LogP contribution in [-0.4, -0.2) is 6.29 Å². The molecule has 0 saturated carbocycles. The van der Waals surface area contributed by atoms with Crippen LogP contribution in [-0.2, 0) is 0 Å². The van der Waals surface area contributed by atoms with Gasteiger partial charge >= 0.3 is 6.29 Å². The number of fused-ring (bicyclic) bond motifs is 1. The minimum absolute atomic E-state index is 0.0972. The van der Waals surface area contributed by atoms with E-state index in [0.717, 1.165) is 5.56 Å². The molecule has 0 aliphatic carbocycles. The van der Waals surface area contributed by atoms with Crippen molar-refractivity contribution in [1.82, 2.24) is 0 Å². The second kappa shape index (κ2) is 2.70. The van der Waals surface area contributed by atoms with Gasteiger partial charge in [0.2, 0.25) is 0 Å². The Balaban J connectivity index is 2.53. The Labute approximate surface area is 87.0 Å². The first-order chi connectivity index (χ1) is 5.99. The molecule has 1 aliphatic rings. The van der Waals surface area contributed by atoms with Gasteiger partial charge in [-0.2, -0.15) is 0 Å². The molecule has 70 valence electrons. The zero-order valence-electron chi connectivity index (χ0n) is 6.61. The van der Waals surface area contributed by atoms with Gasteiger partial charge in [0.25, 0.3) is 0 Å². The first-order valence-electron chi connectivity index (χ1n) is 3.54. The van der Waals surface area contributed by atoms with Crippen LogP contribution in [0.1, 0.15) is 5.56 Å². The van der Waals surface area contributed by atoms with Gasteiger partial charge in [-0.3, -0.25) is 0 Å². The quantitative estimate of drug-likeness (QED) is 0.686. The Morgan fingerprint density at radius 2 is 2.00 bits per heavy atom. The van der Waals surface area contributed by atoms with E-state index in [1.165, 1.54) is 6.07 Å². The van der Waals surface area contributed by atoms with E-state index < -0.39 is 6.29 Å². The predicted octanol–water partition coefficient (Wildman–Crippen LogP) is 2.92. The summed E-state index contributed by atoms with van der Waals surface area (Å²) in [5, 5.41) is 0. The van der Waals surface area contributed by atoms with E-state index in [-0.39, 0.29) is 11.5 Å². The summed E-state index contributed by atoms with van der Waals surface area (Å²) < 4.78 is 34.5. The Morgan fingerprint density at radius 1 is 1.31 bits per heavy atom. The van der Waals surface area contributed by atoms with Crippen LogP contribution in [0.3, 0.4) is 0 Å². The number of halogens is 3. The van der Waals surface area contributed by atoms with Crippen LogP contribution in [0, 0.1) is 10.5 Å². The monoisotopic (exact) mass is 298 g/mol. The lowest BCUT2D eigenvalue weighted by Gasteiger charge is -2.05. The molecule has 0 bridgehead atoms. The van der Waals surface area contributed by atoms with Crippen LogP contribution >= 0.6 is 22.6 Å². The van der Waals surface area contributed by atoms with Gasteiger partial charge in [-0.05, 0) is 41.1 Å². The molecule has 13 heavy (non-hydrogen) atoms. The number of hydrogen-bond donors (Lipinski definition) is 0. The standard InChI is InChI=1S/C8H5F2IO2/c1-4-2-3-5-7(6(4)11)13-8(9,10)12-5/h2-3H,1H3. The van der Waals surface area contributed by atoms with Crippen LogP contribution in [0.15, 0.2) is 12.1 Å². The molecule has 0 aromatic heterocycles. The van der Waals surface area contributed by atoms with Crippen LogP contribution in [0.25, 0.3) is 0 Å². The topological polar surface area (TPSA) is 18.5 Å². The summed E-state index contributed by atoms with van der Waals surface area (Å²) in [6.07, 6.45) is -3.52. The van der Waals surface area contributed by atoms with Crippen molar-refractivity contribution in [2.75, 3.05) is 0 Å². The first-order valence-corrected chi connectivity index (χ1v) is 4.62. The highest BCUT2D eigenvalue weighted by Crippen LogP contribution is 2.44. The van der Waals surface area contributed by atoms with Crippen molar-refractivity contribution in [2.24, 2.45) is 0 Å². The fraction of sp³-hybridized carbons (Fsp3) is 0.250. The number of benzene rings is 1. The minimum atomic E-state index is -3.52. The maximum absolute atomic E-state index is 12.6. The summed E-state index contributed by atoms with van der Waals surface area (Å²) in [6, 6.07) is 3.19. The van der Waals surface area contributed by atoms with Crippen molar-refractivity contribution in [1.29, 1.82) is 0 Å². The predicted molar refractivity (Wildman–Crippen MR) is 50.1 cm³/mol. The molecule has 0 spiro atoms. The summed E-state index contributed by atoms with van der Waals surface area (Å²) in [5.41, 5.74) is 0.889. The fourth-order valence-corrected chi connectivity index (χ4v) is 1.64. The van der Waals surface area contributed by atoms with Crippen molar-refractivity contribution in [3.63, 3.8) is 0 Å². The lowest BCUT2D eigenvalue weighted by atomic mass is 10.2. The summed E-state index contributed by atoms with van der Waals surface area (Å²) in [4.78, 5) is 0. The molecule has 0 unspecified atom stereocenters. The molecule has 0 radical (unpaired) electrons. The molecule has 1 heterocycles. The molecule has 0 atom stereocenters. The van der Waals surface area contributed by atoms with Crippen LogP contribution in [0.5, 0.6) is 11.5 Å². The molecule has 1 aliphatic heterocycles. The molecule has 0 N–H and O–H groups in total. The Morgan fingerprint density at radius 3 is 2.69 bits per heavy atom. The second-order valence-corrected chi connectivity index (χ2v) is 3.77. The lowest BCUT2D eigenvalue weighted by molar-refractivity contribution is -0.287. The third-order valence-electron chi connectivity index (χ3n) is 1.70. The number of aryl methyl sites for hydroxylation is 1. The van der Waals surface area contributed by atoms with Crippen molar-refractivity contribution >= 4 is 22.6 Å². The highest BCUT2D eigenvalue weighted by Gasteiger charge is 2.44.